The predicted octanol–water partition coefficient (Wildman–Crippen LogP) is 12.8. The van der Waals surface area contributed by atoms with E-state index < -0.39 is 8.07 Å². The molecule has 0 amide bonds. The minimum absolute atomic E-state index is 0.00106. The summed E-state index contributed by atoms with van der Waals surface area (Å²) in [5.74, 6) is 2.12. The van der Waals surface area contributed by atoms with Gasteiger partial charge in [-0.2, -0.15) is 0 Å². The summed E-state index contributed by atoms with van der Waals surface area (Å²) in [6, 6.07) is 52.5. The molecule has 54 heavy (non-hydrogen) atoms. The molecule has 1 aromatic heterocycles. The molecule has 268 valence electrons. The summed E-state index contributed by atoms with van der Waals surface area (Å²) in [4.78, 5) is 15.8. The lowest BCUT2D eigenvalue weighted by molar-refractivity contribution is 0.332. The summed E-state index contributed by atoms with van der Waals surface area (Å²) in [7, 11) is -1.47. The van der Waals surface area contributed by atoms with Crippen LogP contribution in [0, 0.1) is 0 Å². The molecule has 0 saturated heterocycles. The number of hydrogen-bond donors (Lipinski definition) is 0. The highest BCUT2D eigenvalue weighted by Gasteiger charge is 2.39. The van der Waals surface area contributed by atoms with Crippen LogP contribution in [0.3, 0.4) is 0 Å². The second kappa shape index (κ2) is 13.8. The monoisotopic (exact) mass is 719 g/mol. The largest absolute Gasteiger partial charge is 0.208 e. The highest BCUT2D eigenvalue weighted by Crippen LogP contribution is 2.49. The van der Waals surface area contributed by atoms with E-state index in [1.165, 1.54) is 38.6 Å². The number of fused-ring (bicyclic) bond motifs is 1. The minimum atomic E-state index is -1.47. The van der Waals surface area contributed by atoms with Gasteiger partial charge in [0.15, 0.2) is 17.5 Å². The van der Waals surface area contributed by atoms with Gasteiger partial charge in [-0.3, -0.25) is 0 Å². The first kappa shape index (κ1) is 35.6. The fourth-order valence-electron chi connectivity index (χ4n) is 8.02. The molecular weight excluding hydrogens is 671 g/mol. The fraction of sp³-hybridized carbons (Fsp3) is 0.220. The van der Waals surface area contributed by atoms with Gasteiger partial charge in [0.05, 0.1) is 8.07 Å². The van der Waals surface area contributed by atoms with Gasteiger partial charge in [-0.1, -0.05) is 180 Å². The molecule has 8 rings (SSSR count). The van der Waals surface area contributed by atoms with E-state index in [2.05, 4.69) is 193 Å². The Morgan fingerprint density at radius 3 is 1.43 bits per heavy atom. The topological polar surface area (TPSA) is 38.7 Å². The molecule has 0 unspecified atom stereocenters. The Bertz CT molecular complexity index is 2470. The molecule has 0 bridgehead atoms. The summed E-state index contributed by atoms with van der Waals surface area (Å²) in [6.07, 6.45) is 2.27. The summed E-state index contributed by atoms with van der Waals surface area (Å²) < 4.78 is 0. The van der Waals surface area contributed by atoms with Crippen molar-refractivity contribution in [2.45, 2.75) is 71.0 Å². The van der Waals surface area contributed by atoms with Crippen LogP contribution in [0.5, 0.6) is 0 Å². The van der Waals surface area contributed by atoms with E-state index in [-0.39, 0.29) is 10.8 Å². The van der Waals surface area contributed by atoms with Crippen molar-refractivity contribution in [3.8, 4) is 67.5 Å². The molecule has 7 aromatic rings. The maximum atomic E-state index is 5.30. The van der Waals surface area contributed by atoms with Crippen molar-refractivity contribution in [1.29, 1.82) is 0 Å². The maximum absolute atomic E-state index is 5.30. The molecule has 0 spiro atoms. The Labute approximate surface area is 322 Å². The van der Waals surface area contributed by atoms with Gasteiger partial charge in [-0.15, -0.1) is 0 Å². The van der Waals surface area contributed by atoms with Crippen molar-refractivity contribution in [3.05, 3.63) is 157 Å². The smallest absolute Gasteiger partial charge is 0.164 e. The average Bonchev–Trinajstić information content (AvgIpc) is 3.19. The molecule has 1 heterocycles. The zero-order valence-electron chi connectivity index (χ0n) is 32.6. The summed E-state index contributed by atoms with van der Waals surface area (Å²) >= 11 is 0. The lowest BCUT2D eigenvalue weighted by Gasteiger charge is -2.42. The molecule has 0 atom stereocenters. The van der Waals surface area contributed by atoms with E-state index in [1.54, 1.807) is 0 Å². The van der Waals surface area contributed by atoms with Crippen molar-refractivity contribution >= 4 is 13.3 Å². The molecule has 0 radical (unpaired) electrons. The Balaban J connectivity index is 1.24. The SMILES string of the molecule is CC1(C)CCC(C)(C)c2c(-c3nc(-c4ccc([Si](C)(C)C)cc4)nc(-c4cccc(-c5cccc(-c6cccc(-c7ccccc7)c6)c5)c4)n3)cccc21. The van der Waals surface area contributed by atoms with Gasteiger partial charge < -0.3 is 0 Å². The quantitative estimate of drug-likeness (QED) is 0.154. The van der Waals surface area contributed by atoms with E-state index in [0.717, 1.165) is 46.5 Å². The van der Waals surface area contributed by atoms with Crippen LogP contribution in [0.25, 0.3) is 67.5 Å². The first-order valence-corrected chi connectivity index (χ1v) is 22.7. The number of nitrogens with zero attached hydrogens (tertiary/aromatic N) is 3. The number of benzene rings is 6. The molecule has 0 N–H and O–H groups in total. The lowest BCUT2D eigenvalue weighted by atomic mass is 9.62. The summed E-state index contributed by atoms with van der Waals surface area (Å²) in [5.41, 5.74) is 13.0. The van der Waals surface area contributed by atoms with Crippen molar-refractivity contribution in [3.63, 3.8) is 0 Å². The molecule has 1 aliphatic carbocycles. The van der Waals surface area contributed by atoms with Crippen LogP contribution in [0.4, 0.5) is 0 Å². The Morgan fingerprint density at radius 2 is 0.852 bits per heavy atom. The Kier molecular flexibility index (Phi) is 9.06. The van der Waals surface area contributed by atoms with E-state index in [4.69, 9.17) is 15.0 Å². The summed E-state index contributed by atoms with van der Waals surface area (Å²) in [6.45, 7) is 16.6. The molecule has 0 aliphatic heterocycles. The van der Waals surface area contributed by atoms with Gasteiger partial charge in [-0.25, -0.2) is 15.0 Å². The third-order valence-electron chi connectivity index (χ3n) is 11.4. The van der Waals surface area contributed by atoms with Crippen LogP contribution in [-0.4, -0.2) is 23.0 Å². The van der Waals surface area contributed by atoms with Gasteiger partial charge in [-0.05, 0) is 86.4 Å². The molecule has 0 saturated carbocycles. The fourth-order valence-corrected chi connectivity index (χ4v) is 9.18. The van der Waals surface area contributed by atoms with Crippen LogP contribution in [-0.2, 0) is 10.8 Å². The Morgan fingerprint density at radius 1 is 0.407 bits per heavy atom. The third-order valence-corrected chi connectivity index (χ3v) is 13.4. The highest BCUT2D eigenvalue weighted by atomic mass is 28.3. The van der Waals surface area contributed by atoms with Gasteiger partial charge in [0.2, 0.25) is 0 Å². The van der Waals surface area contributed by atoms with Gasteiger partial charge in [0.25, 0.3) is 0 Å². The molecule has 4 heteroatoms. The zero-order valence-corrected chi connectivity index (χ0v) is 33.6. The lowest BCUT2D eigenvalue weighted by Crippen LogP contribution is -2.37. The molecule has 0 fully saturated rings. The van der Waals surface area contributed by atoms with Gasteiger partial charge >= 0.3 is 0 Å². The van der Waals surface area contributed by atoms with Crippen LogP contribution in [0.1, 0.15) is 51.7 Å². The molecular formula is C50H49N3Si. The second-order valence-corrected chi connectivity index (χ2v) is 22.3. The van der Waals surface area contributed by atoms with Crippen LogP contribution in [0.15, 0.2) is 146 Å². The van der Waals surface area contributed by atoms with E-state index in [9.17, 15) is 0 Å². The van der Waals surface area contributed by atoms with Crippen LogP contribution < -0.4 is 5.19 Å². The predicted molar refractivity (Wildman–Crippen MR) is 231 cm³/mol. The standard InChI is InChI=1S/C50H49N3Si/c1-49(2)29-30-50(3,4)45-43(23-14-24-44(45)49)48-52-46(35-25-27-42(28-26-35)54(5,6)7)51-47(53-48)41-22-13-21-40(33-41)39-20-12-19-38(32-39)37-18-11-17-36(31-37)34-15-9-8-10-16-34/h8-28,31-33H,29-30H2,1-7H3. The zero-order chi connectivity index (χ0) is 37.7. The van der Waals surface area contributed by atoms with E-state index in [0.29, 0.717) is 11.6 Å². The van der Waals surface area contributed by atoms with Crippen LogP contribution >= 0.6 is 0 Å². The maximum Gasteiger partial charge on any atom is 0.164 e. The van der Waals surface area contributed by atoms with Crippen molar-refractivity contribution in [2.75, 3.05) is 0 Å². The van der Waals surface area contributed by atoms with E-state index in [1.807, 2.05) is 0 Å². The molecule has 3 nitrogen and oxygen atoms in total. The second-order valence-electron chi connectivity index (χ2n) is 17.2. The average molecular weight is 720 g/mol. The molecule has 1 aliphatic rings. The Hall–Kier alpha value is -5.45. The first-order chi connectivity index (χ1) is 25.9. The summed E-state index contributed by atoms with van der Waals surface area (Å²) in [5, 5.41) is 1.42. The number of rotatable bonds is 7. The van der Waals surface area contributed by atoms with Gasteiger partial charge in [0.1, 0.15) is 0 Å². The van der Waals surface area contributed by atoms with Crippen molar-refractivity contribution in [2.24, 2.45) is 0 Å². The van der Waals surface area contributed by atoms with Crippen molar-refractivity contribution in [1.82, 2.24) is 15.0 Å². The van der Waals surface area contributed by atoms with E-state index >= 15 is 0 Å². The molecule has 6 aromatic carbocycles. The third kappa shape index (κ3) is 6.99. The van der Waals surface area contributed by atoms with Crippen molar-refractivity contribution < 1.29 is 0 Å². The number of aromatic nitrogens is 3. The normalized spacial score (nSPS) is 14.7. The highest BCUT2D eigenvalue weighted by molar-refractivity contribution is 6.88. The first-order valence-electron chi connectivity index (χ1n) is 19.2. The van der Waals surface area contributed by atoms with Gasteiger partial charge in [0, 0.05) is 16.7 Å². The van der Waals surface area contributed by atoms with Crippen LogP contribution in [0.2, 0.25) is 19.6 Å². The minimum Gasteiger partial charge on any atom is -0.208 e. The number of hydrogen-bond acceptors (Lipinski definition) is 3.